The highest BCUT2D eigenvalue weighted by Gasteiger charge is 2.12. The molecule has 0 saturated carbocycles. The molecule has 84 valence electrons. The Morgan fingerprint density at radius 3 is 2.20 bits per heavy atom. The van der Waals surface area contributed by atoms with Crippen LogP contribution in [-0.2, 0) is 0 Å². The summed E-state index contributed by atoms with van der Waals surface area (Å²) in [7, 11) is 0. The summed E-state index contributed by atoms with van der Waals surface area (Å²) < 4.78 is 0. The Morgan fingerprint density at radius 2 is 1.67 bits per heavy atom. The summed E-state index contributed by atoms with van der Waals surface area (Å²) in [6.07, 6.45) is 0. The Labute approximate surface area is 97.4 Å². The molecule has 0 fully saturated rings. The summed E-state index contributed by atoms with van der Waals surface area (Å²) in [6.45, 7) is 8.82. The van der Waals surface area contributed by atoms with Gasteiger partial charge in [-0.2, -0.15) is 0 Å². The van der Waals surface area contributed by atoms with E-state index in [1.807, 2.05) is 18.7 Å². The van der Waals surface area contributed by atoms with Crippen molar-refractivity contribution >= 4 is 11.8 Å². The van der Waals surface area contributed by atoms with Gasteiger partial charge in [0.05, 0.1) is 0 Å². The first-order valence-corrected chi connectivity index (χ1v) is 6.41. The fourth-order valence-corrected chi connectivity index (χ4v) is 2.52. The molecule has 0 aromatic heterocycles. The zero-order chi connectivity index (χ0) is 11.4. The lowest BCUT2D eigenvalue weighted by Gasteiger charge is -2.18. The van der Waals surface area contributed by atoms with E-state index in [9.17, 15) is 0 Å². The molecule has 2 N–H and O–H groups in total. The van der Waals surface area contributed by atoms with Gasteiger partial charge in [-0.1, -0.05) is 39.0 Å². The SMILES string of the molecule is CC(N)c1ccccc1SC(C)C(C)C. The van der Waals surface area contributed by atoms with Gasteiger partial charge in [0.15, 0.2) is 0 Å². The van der Waals surface area contributed by atoms with Gasteiger partial charge in [0.25, 0.3) is 0 Å². The number of benzene rings is 1. The molecule has 2 atom stereocenters. The van der Waals surface area contributed by atoms with Crippen LogP contribution in [0.3, 0.4) is 0 Å². The molecule has 0 spiro atoms. The smallest absolute Gasteiger partial charge is 0.0277 e. The number of nitrogens with two attached hydrogens (primary N) is 1. The Hall–Kier alpha value is -0.470. The number of thioether (sulfide) groups is 1. The fraction of sp³-hybridized carbons (Fsp3) is 0.538. The molecule has 2 unspecified atom stereocenters. The van der Waals surface area contributed by atoms with Crippen LogP contribution in [-0.4, -0.2) is 5.25 Å². The van der Waals surface area contributed by atoms with E-state index in [1.165, 1.54) is 10.5 Å². The zero-order valence-corrected chi connectivity index (χ0v) is 10.8. The van der Waals surface area contributed by atoms with Gasteiger partial charge < -0.3 is 5.73 Å². The van der Waals surface area contributed by atoms with Crippen LogP contribution in [0.1, 0.15) is 39.3 Å². The molecule has 1 aromatic carbocycles. The molecule has 1 aromatic rings. The summed E-state index contributed by atoms with van der Waals surface area (Å²) in [6, 6.07) is 8.56. The van der Waals surface area contributed by atoms with Crippen molar-refractivity contribution in [1.82, 2.24) is 0 Å². The molecule has 0 aliphatic heterocycles. The van der Waals surface area contributed by atoms with E-state index >= 15 is 0 Å². The van der Waals surface area contributed by atoms with Crippen LogP contribution in [0.2, 0.25) is 0 Å². The minimum Gasteiger partial charge on any atom is -0.324 e. The maximum Gasteiger partial charge on any atom is 0.0277 e. The Balaban J connectivity index is 2.84. The first-order valence-electron chi connectivity index (χ1n) is 5.53. The van der Waals surface area contributed by atoms with E-state index in [1.54, 1.807) is 0 Å². The molecular weight excluding hydrogens is 202 g/mol. The average Bonchev–Trinajstić information content (AvgIpc) is 2.18. The molecule has 0 bridgehead atoms. The molecule has 1 nitrogen and oxygen atoms in total. The van der Waals surface area contributed by atoms with Gasteiger partial charge in [0, 0.05) is 16.2 Å². The van der Waals surface area contributed by atoms with Crippen LogP contribution < -0.4 is 5.73 Å². The lowest BCUT2D eigenvalue weighted by atomic mass is 10.1. The van der Waals surface area contributed by atoms with Gasteiger partial charge in [-0.05, 0) is 24.5 Å². The first kappa shape index (κ1) is 12.6. The van der Waals surface area contributed by atoms with Gasteiger partial charge in [0.2, 0.25) is 0 Å². The quantitative estimate of drug-likeness (QED) is 0.785. The largest absolute Gasteiger partial charge is 0.324 e. The van der Waals surface area contributed by atoms with Crippen molar-refractivity contribution in [2.45, 2.75) is 43.9 Å². The van der Waals surface area contributed by atoms with Crippen LogP contribution in [0, 0.1) is 5.92 Å². The van der Waals surface area contributed by atoms with Crippen molar-refractivity contribution in [3.05, 3.63) is 29.8 Å². The third-order valence-electron chi connectivity index (χ3n) is 2.66. The highest BCUT2D eigenvalue weighted by molar-refractivity contribution is 8.00. The molecule has 0 aliphatic carbocycles. The zero-order valence-electron chi connectivity index (χ0n) is 10.0. The second-order valence-corrected chi connectivity index (χ2v) is 5.81. The number of rotatable bonds is 4. The molecule has 0 saturated heterocycles. The second-order valence-electron chi connectivity index (χ2n) is 4.39. The lowest BCUT2D eigenvalue weighted by Crippen LogP contribution is -2.09. The van der Waals surface area contributed by atoms with Gasteiger partial charge in [0.1, 0.15) is 0 Å². The molecule has 0 amide bonds. The molecular formula is C13H21NS. The van der Waals surface area contributed by atoms with Gasteiger partial charge in [-0.15, -0.1) is 11.8 Å². The minimum absolute atomic E-state index is 0.119. The van der Waals surface area contributed by atoms with Crippen molar-refractivity contribution in [2.75, 3.05) is 0 Å². The summed E-state index contributed by atoms with van der Waals surface area (Å²) in [4.78, 5) is 1.33. The number of hydrogen-bond donors (Lipinski definition) is 1. The van der Waals surface area contributed by atoms with Gasteiger partial charge in [-0.25, -0.2) is 0 Å². The average molecular weight is 223 g/mol. The van der Waals surface area contributed by atoms with E-state index in [0.717, 1.165) is 0 Å². The van der Waals surface area contributed by atoms with E-state index in [0.29, 0.717) is 11.2 Å². The Morgan fingerprint density at radius 1 is 1.07 bits per heavy atom. The van der Waals surface area contributed by atoms with Gasteiger partial charge in [-0.3, -0.25) is 0 Å². The van der Waals surface area contributed by atoms with Crippen LogP contribution in [0.25, 0.3) is 0 Å². The van der Waals surface area contributed by atoms with E-state index < -0.39 is 0 Å². The third-order valence-corrected chi connectivity index (χ3v) is 4.20. The topological polar surface area (TPSA) is 26.0 Å². The molecule has 2 heteroatoms. The monoisotopic (exact) mass is 223 g/mol. The first-order chi connectivity index (χ1) is 7.02. The highest BCUT2D eigenvalue weighted by atomic mass is 32.2. The summed E-state index contributed by atoms with van der Waals surface area (Å²) in [5.74, 6) is 0.691. The molecule has 15 heavy (non-hydrogen) atoms. The van der Waals surface area contributed by atoms with Crippen LogP contribution >= 0.6 is 11.8 Å². The molecule has 0 heterocycles. The number of hydrogen-bond acceptors (Lipinski definition) is 2. The van der Waals surface area contributed by atoms with Crippen LogP contribution in [0.5, 0.6) is 0 Å². The predicted octanol–water partition coefficient (Wildman–Crippen LogP) is 3.84. The van der Waals surface area contributed by atoms with Gasteiger partial charge >= 0.3 is 0 Å². The van der Waals surface area contributed by atoms with Crippen molar-refractivity contribution in [1.29, 1.82) is 0 Å². The van der Waals surface area contributed by atoms with E-state index in [-0.39, 0.29) is 6.04 Å². The maximum absolute atomic E-state index is 5.95. The van der Waals surface area contributed by atoms with Crippen LogP contribution in [0.15, 0.2) is 29.2 Å². The molecule has 1 rings (SSSR count). The van der Waals surface area contributed by atoms with Crippen molar-refractivity contribution < 1.29 is 0 Å². The summed E-state index contributed by atoms with van der Waals surface area (Å²) >= 11 is 1.93. The maximum atomic E-state index is 5.95. The summed E-state index contributed by atoms with van der Waals surface area (Å²) in [5, 5.41) is 0.630. The Bertz CT molecular complexity index is 307. The molecule has 0 radical (unpaired) electrons. The van der Waals surface area contributed by atoms with E-state index in [4.69, 9.17) is 5.73 Å². The molecule has 0 aliphatic rings. The normalized spacial score (nSPS) is 15.3. The second kappa shape index (κ2) is 5.57. The highest BCUT2D eigenvalue weighted by Crippen LogP contribution is 2.32. The van der Waals surface area contributed by atoms with E-state index in [2.05, 4.69) is 45.0 Å². The third kappa shape index (κ3) is 3.54. The van der Waals surface area contributed by atoms with Crippen molar-refractivity contribution in [3.63, 3.8) is 0 Å². The summed E-state index contributed by atoms with van der Waals surface area (Å²) in [5.41, 5.74) is 7.21. The lowest BCUT2D eigenvalue weighted by molar-refractivity contribution is 0.641. The van der Waals surface area contributed by atoms with Crippen molar-refractivity contribution in [3.8, 4) is 0 Å². The minimum atomic E-state index is 0.119. The fourth-order valence-electron chi connectivity index (χ4n) is 1.30. The van der Waals surface area contributed by atoms with Crippen molar-refractivity contribution in [2.24, 2.45) is 11.7 Å². The predicted molar refractivity (Wildman–Crippen MR) is 69.2 cm³/mol. The Kier molecular flexibility index (Phi) is 4.68. The standard InChI is InChI=1S/C13H21NS/c1-9(2)11(4)15-13-8-6-5-7-12(13)10(3)14/h5-11H,14H2,1-4H3. The van der Waals surface area contributed by atoms with Crippen LogP contribution in [0.4, 0.5) is 0 Å².